The van der Waals surface area contributed by atoms with Crippen LogP contribution in [0.15, 0.2) is 0 Å². The molecule has 0 aromatic carbocycles. The van der Waals surface area contributed by atoms with Gasteiger partial charge in [0.25, 0.3) is 0 Å². The zero-order valence-electron chi connectivity index (χ0n) is 11.8. The van der Waals surface area contributed by atoms with Gasteiger partial charge in [-0.25, -0.2) is 0 Å². The molecule has 0 spiro atoms. The quantitative estimate of drug-likeness (QED) is 0.748. The number of carbonyl (C=O) groups excluding carboxylic acids is 1. The minimum atomic E-state index is -0.646. The summed E-state index contributed by atoms with van der Waals surface area (Å²) in [6.07, 6.45) is 3.78. The molecule has 2 unspecified atom stereocenters. The number of hydrogen-bond donors (Lipinski definition) is 1. The predicted molar refractivity (Wildman–Crippen MR) is 75.5 cm³/mol. The van der Waals surface area contributed by atoms with Crippen molar-refractivity contribution in [3.05, 3.63) is 0 Å². The third-order valence-corrected chi connectivity index (χ3v) is 5.78. The summed E-state index contributed by atoms with van der Waals surface area (Å²) in [6, 6.07) is 0.401. The largest absolute Gasteiger partial charge is 0.468 e. The third kappa shape index (κ3) is 3.17. The first kappa shape index (κ1) is 14.9. The first-order valence-corrected chi connectivity index (χ1v) is 8.46. The summed E-state index contributed by atoms with van der Waals surface area (Å²) >= 11 is 0. The topological polar surface area (TPSA) is 58.6 Å². The van der Waals surface area contributed by atoms with Gasteiger partial charge in [0.2, 0.25) is 0 Å². The summed E-state index contributed by atoms with van der Waals surface area (Å²) < 4.78 is 16.4. The standard InChI is InChI=1S/C13H24N2O3S/c1-14-13(12(16)18-2)5-3-4-11(10-13)15-6-8-19(17)9-7-15/h11,14H,3-10H2,1-2H3. The summed E-state index contributed by atoms with van der Waals surface area (Å²) in [4.78, 5) is 14.4. The van der Waals surface area contributed by atoms with Gasteiger partial charge in [-0.15, -0.1) is 0 Å². The van der Waals surface area contributed by atoms with Gasteiger partial charge in [-0.3, -0.25) is 13.9 Å². The molecular weight excluding hydrogens is 264 g/mol. The van der Waals surface area contributed by atoms with Crippen molar-refractivity contribution in [1.29, 1.82) is 0 Å². The van der Waals surface area contributed by atoms with Crippen molar-refractivity contribution in [3.8, 4) is 0 Å². The molecule has 6 heteroatoms. The summed E-state index contributed by atoms with van der Waals surface area (Å²) in [5.74, 6) is 1.38. The number of hydrogen-bond acceptors (Lipinski definition) is 5. The zero-order valence-corrected chi connectivity index (χ0v) is 12.6. The Morgan fingerprint density at radius 1 is 1.42 bits per heavy atom. The monoisotopic (exact) mass is 288 g/mol. The van der Waals surface area contributed by atoms with Crippen molar-refractivity contribution in [2.75, 3.05) is 38.8 Å². The van der Waals surface area contributed by atoms with E-state index in [1.54, 1.807) is 0 Å². The van der Waals surface area contributed by atoms with E-state index in [1.807, 2.05) is 7.05 Å². The molecule has 2 atom stereocenters. The van der Waals surface area contributed by atoms with Crippen molar-refractivity contribution >= 4 is 16.8 Å². The number of ether oxygens (including phenoxy) is 1. The second kappa shape index (κ2) is 6.33. The van der Waals surface area contributed by atoms with Crippen LogP contribution in [0.1, 0.15) is 25.7 Å². The molecule has 19 heavy (non-hydrogen) atoms. The molecule has 1 aliphatic heterocycles. The zero-order chi connectivity index (χ0) is 13.9. The maximum atomic E-state index is 12.0. The van der Waals surface area contributed by atoms with E-state index in [2.05, 4.69) is 10.2 Å². The molecule has 1 aliphatic carbocycles. The molecule has 0 bridgehead atoms. The van der Waals surface area contributed by atoms with Crippen molar-refractivity contribution in [2.24, 2.45) is 0 Å². The molecule has 0 aromatic heterocycles. The van der Waals surface area contributed by atoms with Crippen LogP contribution in [0.4, 0.5) is 0 Å². The second-order valence-corrected chi connectivity index (χ2v) is 7.15. The van der Waals surface area contributed by atoms with Gasteiger partial charge in [-0.1, -0.05) is 0 Å². The molecule has 0 radical (unpaired) electrons. The van der Waals surface area contributed by atoms with Gasteiger partial charge in [-0.2, -0.15) is 0 Å². The Hall–Kier alpha value is -0.460. The van der Waals surface area contributed by atoms with Gasteiger partial charge in [-0.05, 0) is 32.7 Å². The number of carbonyl (C=O) groups is 1. The lowest BCUT2D eigenvalue weighted by molar-refractivity contribution is -0.151. The molecule has 2 rings (SSSR count). The maximum Gasteiger partial charge on any atom is 0.326 e. The molecule has 0 amide bonds. The Morgan fingerprint density at radius 2 is 2.11 bits per heavy atom. The summed E-state index contributed by atoms with van der Waals surface area (Å²) in [7, 11) is 2.65. The first-order valence-electron chi connectivity index (χ1n) is 6.97. The number of likely N-dealkylation sites (N-methyl/N-ethyl adjacent to an activating group) is 1. The van der Waals surface area contributed by atoms with Gasteiger partial charge in [0.05, 0.1) is 7.11 Å². The molecule has 0 aromatic rings. The second-order valence-electron chi connectivity index (χ2n) is 5.46. The fraction of sp³-hybridized carbons (Fsp3) is 0.923. The van der Waals surface area contributed by atoms with E-state index in [1.165, 1.54) is 7.11 Å². The van der Waals surface area contributed by atoms with E-state index in [0.29, 0.717) is 6.04 Å². The average Bonchev–Trinajstić information content (AvgIpc) is 2.47. The van der Waals surface area contributed by atoms with Gasteiger partial charge < -0.3 is 10.1 Å². The lowest BCUT2D eigenvalue weighted by atomic mass is 9.78. The number of esters is 1. The van der Waals surface area contributed by atoms with Crippen LogP contribution < -0.4 is 5.32 Å². The van der Waals surface area contributed by atoms with E-state index in [4.69, 9.17) is 4.74 Å². The van der Waals surface area contributed by atoms with Crippen LogP contribution in [0, 0.1) is 0 Å². The van der Waals surface area contributed by atoms with E-state index in [-0.39, 0.29) is 5.97 Å². The Kier molecular flexibility index (Phi) is 4.97. The predicted octanol–water partition coefficient (Wildman–Crippen LogP) is 0.124. The summed E-state index contributed by atoms with van der Waals surface area (Å²) in [6.45, 7) is 1.77. The highest BCUT2D eigenvalue weighted by Crippen LogP contribution is 2.32. The number of methoxy groups -OCH3 is 1. The van der Waals surface area contributed by atoms with Crippen LogP contribution in [0.2, 0.25) is 0 Å². The van der Waals surface area contributed by atoms with Gasteiger partial charge in [0.15, 0.2) is 0 Å². The van der Waals surface area contributed by atoms with Crippen LogP contribution in [-0.4, -0.2) is 65.4 Å². The Morgan fingerprint density at radius 3 is 2.68 bits per heavy atom. The van der Waals surface area contributed by atoms with Crippen LogP contribution in [-0.2, 0) is 20.3 Å². The first-order chi connectivity index (χ1) is 9.11. The fourth-order valence-electron chi connectivity index (χ4n) is 3.28. The highest BCUT2D eigenvalue weighted by molar-refractivity contribution is 7.85. The number of nitrogens with one attached hydrogen (secondary N) is 1. The Labute approximate surface area is 117 Å². The lowest BCUT2D eigenvalue weighted by Gasteiger charge is -2.43. The SMILES string of the molecule is CNC1(C(=O)OC)CCCC(N2CCS(=O)CC2)C1. The third-order valence-electron chi connectivity index (χ3n) is 4.51. The van der Waals surface area contributed by atoms with E-state index >= 15 is 0 Å². The van der Waals surface area contributed by atoms with Crippen molar-refractivity contribution in [3.63, 3.8) is 0 Å². The van der Waals surface area contributed by atoms with Crippen LogP contribution in [0.3, 0.4) is 0 Å². The van der Waals surface area contributed by atoms with Crippen LogP contribution in [0.5, 0.6) is 0 Å². The highest BCUT2D eigenvalue weighted by atomic mass is 32.2. The van der Waals surface area contributed by atoms with Gasteiger partial charge >= 0.3 is 5.97 Å². The molecule has 2 fully saturated rings. The minimum Gasteiger partial charge on any atom is -0.468 e. The lowest BCUT2D eigenvalue weighted by Crippen LogP contribution is -2.58. The molecule has 110 valence electrons. The number of nitrogens with zero attached hydrogens (tertiary/aromatic N) is 1. The van der Waals surface area contributed by atoms with Crippen molar-refractivity contribution in [1.82, 2.24) is 10.2 Å². The van der Waals surface area contributed by atoms with E-state index in [9.17, 15) is 9.00 Å². The minimum absolute atomic E-state index is 0.153. The molecule has 1 heterocycles. The van der Waals surface area contributed by atoms with Gasteiger partial charge in [0, 0.05) is 41.4 Å². The van der Waals surface area contributed by atoms with Crippen molar-refractivity contribution < 1.29 is 13.7 Å². The molecule has 1 saturated heterocycles. The summed E-state index contributed by atoms with van der Waals surface area (Å²) in [5, 5.41) is 3.18. The molecule has 5 nitrogen and oxygen atoms in total. The molecule has 1 saturated carbocycles. The summed E-state index contributed by atoms with van der Waals surface area (Å²) in [5.41, 5.74) is -0.533. The molecular formula is C13H24N2O3S. The van der Waals surface area contributed by atoms with Crippen LogP contribution >= 0.6 is 0 Å². The van der Waals surface area contributed by atoms with Crippen molar-refractivity contribution in [2.45, 2.75) is 37.3 Å². The fourth-order valence-corrected chi connectivity index (χ4v) is 4.36. The van der Waals surface area contributed by atoms with E-state index < -0.39 is 16.3 Å². The smallest absolute Gasteiger partial charge is 0.326 e. The molecule has 2 aliphatic rings. The molecule has 1 N–H and O–H groups in total. The highest BCUT2D eigenvalue weighted by Gasteiger charge is 2.44. The van der Waals surface area contributed by atoms with E-state index in [0.717, 1.165) is 50.3 Å². The normalized spacial score (nSPS) is 34.1. The maximum absolute atomic E-state index is 12.0. The average molecular weight is 288 g/mol. The Balaban J connectivity index is 2.03. The van der Waals surface area contributed by atoms with Crippen LogP contribution in [0.25, 0.3) is 0 Å². The van der Waals surface area contributed by atoms with Gasteiger partial charge in [0.1, 0.15) is 5.54 Å². The Bertz CT molecular complexity index is 354. The number of rotatable bonds is 3.